The molecule has 0 aliphatic heterocycles. The summed E-state index contributed by atoms with van der Waals surface area (Å²) in [6.07, 6.45) is 9.01. The third kappa shape index (κ3) is 7.47. The lowest BCUT2D eigenvalue weighted by Gasteiger charge is -2.24. The van der Waals surface area contributed by atoms with E-state index in [1.54, 1.807) is 18.2 Å². The maximum absolute atomic E-state index is 12.3. The van der Waals surface area contributed by atoms with Crippen LogP contribution in [0.5, 0.6) is 0 Å². The SMILES string of the molecule is CCN(Cc1ccccc1)c1ccc(C(=C2C=CC(=[N+](C)CCc3ccccc3)C=C2)c2ccccc2S(=O)(=O)[O-])cc1. The maximum atomic E-state index is 12.3. The van der Waals surface area contributed by atoms with E-state index < -0.39 is 10.1 Å². The van der Waals surface area contributed by atoms with Gasteiger partial charge in [-0.2, -0.15) is 0 Å². The third-order valence-corrected chi connectivity index (χ3v) is 8.61. The second kappa shape index (κ2) is 13.6. The molecule has 5 nitrogen and oxygen atoms in total. The zero-order valence-corrected chi connectivity index (χ0v) is 25.4. The average molecular weight is 589 g/mol. The highest BCUT2D eigenvalue weighted by molar-refractivity contribution is 7.85. The molecule has 0 atom stereocenters. The Morgan fingerprint density at radius 2 is 1.33 bits per heavy atom. The molecular weight excluding hydrogens is 552 g/mol. The second-order valence-electron chi connectivity index (χ2n) is 10.6. The van der Waals surface area contributed by atoms with Gasteiger partial charge in [-0.15, -0.1) is 0 Å². The van der Waals surface area contributed by atoms with Crippen LogP contribution >= 0.6 is 0 Å². The van der Waals surface area contributed by atoms with E-state index in [0.29, 0.717) is 11.1 Å². The van der Waals surface area contributed by atoms with E-state index >= 15 is 0 Å². The Kier molecular flexibility index (Phi) is 9.50. The highest BCUT2D eigenvalue weighted by Crippen LogP contribution is 2.34. The number of rotatable bonds is 10. The molecule has 4 aromatic carbocycles. The normalized spacial score (nSPS) is 12.8. The van der Waals surface area contributed by atoms with E-state index in [0.717, 1.165) is 48.6 Å². The summed E-state index contributed by atoms with van der Waals surface area (Å²) >= 11 is 0. The number of likely N-dealkylation sites (N-methyl/N-ethyl adjacent to an activating group) is 1. The van der Waals surface area contributed by atoms with Crippen LogP contribution in [-0.4, -0.2) is 43.4 Å². The Hall–Kier alpha value is -4.52. The molecule has 0 radical (unpaired) electrons. The largest absolute Gasteiger partial charge is 0.744 e. The van der Waals surface area contributed by atoms with Crippen molar-refractivity contribution in [2.24, 2.45) is 0 Å². The number of allylic oxidation sites excluding steroid dienone is 5. The topological polar surface area (TPSA) is 63.5 Å². The van der Waals surface area contributed by atoms with Gasteiger partial charge in [-0.25, -0.2) is 13.0 Å². The number of hydrogen-bond donors (Lipinski definition) is 0. The first-order valence-corrected chi connectivity index (χ1v) is 15.9. The smallest absolute Gasteiger partial charge is 0.199 e. The quantitative estimate of drug-likeness (QED) is 0.150. The Morgan fingerprint density at radius 3 is 1.93 bits per heavy atom. The number of benzene rings is 4. The summed E-state index contributed by atoms with van der Waals surface area (Å²) in [5.41, 5.74) is 7.39. The molecular formula is C37H36N2O3S. The van der Waals surface area contributed by atoms with E-state index in [1.165, 1.54) is 17.2 Å². The van der Waals surface area contributed by atoms with Gasteiger partial charge in [-0.1, -0.05) is 91.0 Å². The summed E-state index contributed by atoms with van der Waals surface area (Å²) in [7, 11) is -2.63. The average Bonchev–Trinajstić information content (AvgIpc) is 3.04. The summed E-state index contributed by atoms with van der Waals surface area (Å²) in [6, 6.07) is 35.3. The Morgan fingerprint density at radius 1 is 0.744 bits per heavy atom. The minimum Gasteiger partial charge on any atom is -0.744 e. The second-order valence-corrected chi connectivity index (χ2v) is 11.9. The molecule has 6 heteroatoms. The van der Waals surface area contributed by atoms with Crippen LogP contribution in [-0.2, 0) is 23.1 Å². The first-order valence-electron chi connectivity index (χ1n) is 14.5. The predicted octanol–water partition coefficient (Wildman–Crippen LogP) is 6.87. The van der Waals surface area contributed by atoms with E-state index in [2.05, 4.69) is 72.0 Å². The van der Waals surface area contributed by atoms with Gasteiger partial charge in [0.05, 0.1) is 4.90 Å². The lowest BCUT2D eigenvalue weighted by Crippen LogP contribution is -2.21. The molecule has 1 aliphatic rings. The van der Waals surface area contributed by atoms with Crippen LogP contribution in [0.4, 0.5) is 5.69 Å². The summed E-state index contributed by atoms with van der Waals surface area (Å²) < 4.78 is 39.2. The fourth-order valence-corrected chi connectivity index (χ4v) is 6.04. The molecule has 4 aromatic rings. The molecule has 0 amide bonds. The Bertz CT molecular complexity index is 1770. The molecule has 0 unspecified atom stereocenters. The zero-order chi connectivity index (χ0) is 30.2. The van der Waals surface area contributed by atoms with Crippen LogP contribution in [0.2, 0.25) is 0 Å². The molecule has 43 heavy (non-hydrogen) atoms. The molecule has 0 bridgehead atoms. The minimum absolute atomic E-state index is 0.225. The van der Waals surface area contributed by atoms with Crippen molar-refractivity contribution in [3.05, 3.63) is 161 Å². The van der Waals surface area contributed by atoms with Crippen molar-refractivity contribution >= 4 is 27.1 Å². The van der Waals surface area contributed by atoms with E-state index in [9.17, 15) is 13.0 Å². The molecule has 0 saturated heterocycles. The molecule has 1 aliphatic carbocycles. The summed E-state index contributed by atoms with van der Waals surface area (Å²) in [5, 5.41) is 0. The maximum Gasteiger partial charge on any atom is 0.199 e. The van der Waals surface area contributed by atoms with Gasteiger partial charge in [0.15, 0.2) is 5.71 Å². The number of anilines is 1. The van der Waals surface area contributed by atoms with Crippen molar-refractivity contribution < 1.29 is 17.5 Å². The fraction of sp³-hybridized carbons (Fsp3) is 0.162. The van der Waals surface area contributed by atoms with Gasteiger partial charge in [-0.3, -0.25) is 0 Å². The molecule has 0 N–H and O–H groups in total. The van der Waals surface area contributed by atoms with E-state index in [1.807, 2.05) is 60.7 Å². The molecule has 0 aromatic heterocycles. The van der Waals surface area contributed by atoms with Crippen LogP contribution < -0.4 is 4.90 Å². The Labute approximate surface area is 255 Å². The summed E-state index contributed by atoms with van der Waals surface area (Å²) in [6.45, 7) is 4.60. The lowest BCUT2D eigenvalue weighted by molar-refractivity contribution is -0.495. The van der Waals surface area contributed by atoms with Crippen molar-refractivity contribution in [1.29, 1.82) is 0 Å². The van der Waals surface area contributed by atoms with Crippen molar-refractivity contribution in [2.75, 3.05) is 25.0 Å². The van der Waals surface area contributed by atoms with Gasteiger partial charge in [0.2, 0.25) is 0 Å². The molecule has 0 fully saturated rings. The summed E-state index contributed by atoms with van der Waals surface area (Å²) in [4.78, 5) is 2.06. The molecule has 0 heterocycles. The lowest BCUT2D eigenvalue weighted by atomic mass is 9.90. The van der Waals surface area contributed by atoms with Gasteiger partial charge in [0, 0.05) is 42.9 Å². The molecule has 0 saturated carbocycles. The third-order valence-electron chi connectivity index (χ3n) is 7.72. The molecule has 218 valence electrons. The van der Waals surface area contributed by atoms with Crippen LogP contribution in [0.3, 0.4) is 0 Å². The van der Waals surface area contributed by atoms with Gasteiger partial charge in [-0.05, 0) is 65.1 Å². The van der Waals surface area contributed by atoms with Crippen LogP contribution in [0.25, 0.3) is 5.57 Å². The van der Waals surface area contributed by atoms with E-state index in [-0.39, 0.29) is 4.90 Å². The highest BCUT2D eigenvalue weighted by Gasteiger charge is 2.19. The number of hydrogen-bond acceptors (Lipinski definition) is 4. The monoisotopic (exact) mass is 588 g/mol. The van der Waals surface area contributed by atoms with Crippen molar-refractivity contribution in [2.45, 2.75) is 24.8 Å². The van der Waals surface area contributed by atoms with Gasteiger partial charge in [0.1, 0.15) is 23.7 Å². The van der Waals surface area contributed by atoms with Crippen LogP contribution in [0, 0.1) is 0 Å². The minimum atomic E-state index is -4.70. The predicted molar refractivity (Wildman–Crippen MR) is 175 cm³/mol. The first kappa shape index (κ1) is 30.0. The van der Waals surface area contributed by atoms with Gasteiger partial charge < -0.3 is 9.45 Å². The summed E-state index contributed by atoms with van der Waals surface area (Å²) in [5.74, 6) is 0. The van der Waals surface area contributed by atoms with E-state index in [4.69, 9.17) is 0 Å². The van der Waals surface area contributed by atoms with Gasteiger partial charge in [0.25, 0.3) is 0 Å². The van der Waals surface area contributed by atoms with Crippen LogP contribution in [0.15, 0.2) is 144 Å². The van der Waals surface area contributed by atoms with Crippen LogP contribution in [0.1, 0.15) is 29.2 Å². The number of nitrogens with zero attached hydrogens (tertiary/aromatic N) is 2. The van der Waals surface area contributed by atoms with Crippen molar-refractivity contribution in [3.8, 4) is 0 Å². The zero-order valence-electron chi connectivity index (χ0n) is 24.6. The first-order chi connectivity index (χ1) is 20.8. The Balaban J connectivity index is 1.51. The van der Waals surface area contributed by atoms with Gasteiger partial charge >= 0.3 is 0 Å². The van der Waals surface area contributed by atoms with Crippen molar-refractivity contribution in [3.63, 3.8) is 0 Å². The standard InChI is InChI=1S/C37H36N2O3S/c1-3-39(28-30-14-8-5-9-15-30)34-24-20-32(21-25-34)37(35-16-10-11-17-36(35)43(40,41)42)31-18-22-33(23-19-31)38(2)27-26-29-12-6-4-7-13-29/h4-25H,3,26-28H2,1-2H3. The molecule has 5 rings (SSSR count). The highest BCUT2D eigenvalue weighted by atomic mass is 32.2. The van der Waals surface area contributed by atoms with Crippen molar-refractivity contribution in [1.82, 2.24) is 0 Å². The fourth-order valence-electron chi connectivity index (χ4n) is 5.35. The molecule has 0 spiro atoms.